The van der Waals surface area contributed by atoms with Crippen LogP contribution >= 0.6 is 11.6 Å². The number of nitro groups is 1. The van der Waals surface area contributed by atoms with Gasteiger partial charge in [0.25, 0.3) is 5.69 Å². The van der Waals surface area contributed by atoms with E-state index >= 15 is 0 Å². The van der Waals surface area contributed by atoms with Crippen LogP contribution in [0.25, 0.3) is 0 Å². The van der Waals surface area contributed by atoms with E-state index in [0.29, 0.717) is 12.8 Å². The van der Waals surface area contributed by atoms with Crippen LogP contribution in [0, 0.1) is 16.0 Å². The van der Waals surface area contributed by atoms with Crippen LogP contribution in [0.5, 0.6) is 0 Å². The lowest BCUT2D eigenvalue weighted by atomic mass is 9.95. The van der Waals surface area contributed by atoms with E-state index in [1.54, 1.807) is 0 Å². The van der Waals surface area contributed by atoms with E-state index in [-0.39, 0.29) is 40.9 Å². The Bertz CT molecular complexity index is 892. The van der Waals surface area contributed by atoms with Crippen LogP contribution in [0.15, 0.2) is 23.1 Å². The Morgan fingerprint density at radius 3 is 2.30 bits per heavy atom. The number of hydrogen-bond donors (Lipinski definition) is 0. The van der Waals surface area contributed by atoms with E-state index in [9.17, 15) is 23.3 Å². The van der Waals surface area contributed by atoms with Crippen molar-refractivity contribution in [2.75, 3.05) is 20.1 Å². The lowest BCUT2D eigenvalue weighted by Crippen LogP contribution is -2.46. The molecule has 1 aliphatic carbocycles. The van der Waals surface area contributed by atoms with Crippen molar-refractivity contribution in [3.8, 4) is 0 Å². The Hall–Kier alpha value is -1.71. The molecule has 0 bridgehead atoms. The zero-order chi connectivity index (χ0) is 21.9. The van der Waals surface area contributed by atoms with Crippen molar-refractivity contribution >= 4 is 33.2 Å². The average Bonchev–Trinajstić information content (AvgIpc) is 3.02. The first-order valence-corrected chi connectivity index (χ1v) is 12.2. The Balaban J connectivity index is 1.65. The Morgan fingerprint density at radius 1 is 1.13 bits per heavy atom. The van der Waals surface area contributed by atoms with Crippen LogP contribution in [0.1, 0.15) is 51.4 Å². The van der Waals surface area contributed by atoms with Crippen molar-refractivity contribution in [2.24, 2.45) is 5.92 Å². The van der Waals surface area contributed by atoms with E-state index in [1.807, 2.05) is 11.9 Å². The summed E-state index contributed by atoms with van der Waals surface area (Å²) in [5, 5.41) is 11.0. The van der Waals surface area contributed by atoms with Gasteiger partial charge in [-0.3, -0.25) is 14.9 Å². The first-order valence-electron chi connectivity index (χ1n) is 10.4. The third-order valence-electron chi connectivity index (χ3n) is 6.28. The molecule has 1 aliphatic heterocycles. The number of nitro benzene ring substituents is 1. The number of amides is 1. The highest BCUT2D eigenvalue weighted by Gasteiger charge is 2.35. The summed E-state index contributed by atoms with van der Waals surface area (Å²) >= 11 is 5.79. The van der Waals surface area contributed by atoms with Crippen LogP contribution in [-0.4, -0.2) is 54.6 Å². The van der Waals surface area contributed by atoms with Crippen LogP contribution in [0.2, 0.25) is 5.02 Å². The van der Waals surface area contributed by atoms with Gasteiger partial charge in [0.1, 0.15) is 5.02 Å². The smallest absolute Gasteiger partial charge is 0.289 e. The predicted octanol–water partition coefficient (Wildman–Crippen LogP) is 3.83. The third-order valence-corrected chi connectivity index (χ3v) is 8.49. The predicted molar refractivity (Wildman–Crippen MR) is 114 cm³/mol. The molecule has 10 heteroatoms. The van der Waals surface area contributed by atoms with Crippen molar-refractivity contribution < 1.29 is 18.1 Å². The molecule has 0 N–H and O–H groups in total. The second kappa shape index (κ2) is 9.62. The van der Waals surface area contributed by atoms with Gasteiger partial charge >= 0.3 is 0 Å². The summed E-state index contributed by atoms with van der Waals surface area (Å²) in [7, 11) is -2.01. The molecule has 1 aromatic rings. The minimum Gasteiger partial charge on any atom is -0.343 e. The van der Waals surface area contributed by atoms with Gasteiger partial charge < -0.3 is 4.90 Å². The molecule has 2 aliphatic rings. The summed E-state index contributed by atoms with van der Waals surface area (Å²) < 4.78 is 27.2. The molecule has 8 nitrogen and oxygen atoms in total. The molecule has 1 saturated heterocycles. The zero-order valence-corrected chi connectivity index (χ0v) is 18.7. The van der Waals surface area contributed by atoms with Crippen LogP contribution in [-0.2, 0) is 14.8 Å². The largest absolute Gasteiger partial charge is 0.343 e. The highest BCUT2D eigenvalue weighted by Crippen LogP contribution is 2.31. The van der Waals surface area contributed by atoms with Gasteiger partial charge in [0, 0.05) is 38.2 Å². The first-order chi connectivity index (χ1) is 14.2. The van der Waals surface area contributed by atoms with Gasteiger partial charge in [-0.25, -0.2) is 8.42 Å². The molecule has 1 saturated carbocycles. The molecule has 0 radical (unpaired) electrons. The molecule has 3 rings (SSSR count). The maximum atomic E-state index is 13.0. The fourth-order valence-corrected chi connectivity index (χ4v) is 6.07. The number of halogens is 1. The van der Waals surface area contributed by atoms with E-state index in [0.717, 1.165) is 31.7 Å². The standard InChI is InChI=1S/C20H28ClN3O5S/c1-22(16-6-4-2-3-5-7-16)20(25)15-10-12-23(13-11-15)30(28,29)17-8-9-18(21)19(14-17)24(26)27/h8-9,14-16H,2-7,10-13H2,1H3. The van der Waals surface area contributed by atoms with E-state index in [4.69, 9.17) is 11.6 Å². The maximum Gasteiger partial charge on any atom is 0.289 e. The summed E-state index contributed by atoms with van der Waals surface area (Å²) in [5.41, 5.74) is -0.437. The van der Waals surface area contributed by atoms with Crippen molar-refractivity contribution in [3.05, 3.63) is 33.3 Å². The van der Waals surface area contributed by atoms with Crippen molar-refractivity contribution in [1.82, 2.24) is 9.21 Å². The topological polar surface area (TPSA) is 101 Å². The van der Waals surface area contributed by atoms with E-state index in [1.165, 1.54) is 29.3 Å². The summed E-state index contributed by atoms with van der Waals surface area (Å²) in [4.78, 5) is 25.1. The van der Waals surface area contributed by atoms with Crippen molar-refractivity contribution in [1.29, 1.82) is 0 Å². The number of nitrogens with zero attached hydrogens (tertiary/aromatic N) is 3. The number of rotatable bonds is 5. The lowest BCUT2D eigenvalue weighted by molar-refractivity contribution is -0.384. The highest BCUT2D eigenvalue weighted by atomic mass is 35.5. The number of benzene rings is 1. The number of carbonyl (C=O) groups is 1. The third kappa shape index (κ3) is 4.95. The van der Waals surface area contributed by atoms with Gasteiger partial charge in [0.15, 0.2) is 0 Å². The summed E-state index contributed by atoms with van der Waals surface area (Å²) in [6.45, 7) is 0.432. The average molecular weight is 458 g/mol. The molecule has 0 atom stereocenters. The lowest BCUT2D eigenvalue weighted by Gasteiger charge is -2.35. The Kier molecular flexibility index (Phi) is 7.36. The van der Waals surface area contributed by atoms with Gasteiger partial charge in [0.2, 0.25) is 15.9 Å². The van der Waals surface area contributed by atoms with Crippen LogP contribution in [0.3, 0.4) is 0 Å². The molecule has 1 amide bonds. The first kappa shape index (κ1) is 23.0. The van der Waals surface area contributed by atoms with E-state index in [2.05, 4.69) is 0 Å². The Labute approximate surface area is 182 Å². The maximum absolute atomic E-state index is 13.0. The molecular formula is C20H28ClN3O5S. The van der Waals surface area contributed by atoms with Gasteiger partial charge in [-0.2, -0.15) is 4.31 Å². The van der Waals surface area contributed by atoms with Crippen LogP contribution in [0.4, 0.5) is 5.69 Å². The van der Waals surface area contributed by atoms with Crippen LogP contribution < -0.4 is 0 Å². The molecule has 0 unspecified atom stereocenters. The molecule has 0 aromatic heterocycles. The number of carbonyl (C=O) groups excluding carboxylic acids is 1. The molecule has 0 spiro atoms. The molecule has 166 valence electrons. The van der Waals surface area contributed by atoms with Crippen molar-refractivity contribution in [2.45, 2.75) is 62.3 Å². The fourth-order valence-electron chi connectivity index (χ4n) is 4.40. The summed E-state index contributed by atoms with van der Waals surface area (Å²) in [6, 6.07) is 3.78. The van der Waals surface area contributed by atoms with Gasteiger partial charge in [-0.05, 0) is 37.8 Å². The van der Waals surface area contributed by atoms with Gasteiger partial charge in [-0.1, -0.05) is 37.3 Å². The second-order valence-electron chi connectivity index (χ2n) is 8.14. The summed E-state index contributed by atoms with van der Waals surface area (Å²) in [5.74, 6) is -0.0923. The highest BCUT2D eigenvalue weighted by molar-refractivity contribution is 7.89. The normalized spacial score (nSPS) is 19.9. The van der Waals surface area contributed by atoms with Gasteiger partial charge in [-0.15, -0.1) is 0 Å². The minimum absolute atomic E-state index is 0.0982. The SMILES string of the molecule is CN(C(=O)C1CCN(S(=O)(=O)c2ccc(Cl)c([N+](=O)[O-])c2)CC1)C1CCCCCC1. The van der Waals surface area contributed by atoms with Crippen molar-refractivity contribution in [3.63, 3.8) is 0 Å². The quantitative estimate of drug-likeness (QED) is 0.380. The molecular weight excluding hydrogens is 430 g/mol. The number of piperidine rings is 1. The monoisotopic (exact) mass is 457 g/mol. The van der Waals surface area contributed by atoms with Gasteiger partial charge in [0.05, 0.1) is 9.82 Å². The zero-order valence-electron chi connectivity index (χ0n) is 17.1. The summed E-state index contributed by atoms with van der Waals surface area (Å²) in [6.07, 6.45) is 7.69. The minimum atomic E-state index is -3.88. The molecule has 30 heavy (non-hydrogen) atoms. The second-order valence-corrected chi connectivity index (χ2v) is 10.5. The molecule has 1 heterocycles. The molecule has 1 aromatic carbocycles. The van der Waals surface area contributed by atoms with E-state index < -0.39 is 20.6 Å². The Morgan fingerprint density at radius 2 is 1.73 bits per heavy atom. The number of hydrogen-bond acceptors (Lipinski definition) is 5. The number of sulfonamides is 1. The molecule has 2 fully saturated rings. The fraction of sp³-hybridized carbons (Fsp3) is 0.650.